The standard InChI is InChI=1S/C21H22N2O4S2/c1-3-4-13-27-18-8-6-5-7-15(18)9-12-20(24)23-21-22-17-11-10-16(29(2,25)26)14-19(17)28-21/h5-12,14H,3-4,13H2,1-2H3,(H,22,23,24)/b12-9+. The number of para-hydroxylation sites is 1. The zero-order valence-corrected chi connectivity index (χ0v) is 17.8. The minimum atomic E-state index is -3.29. The molecule has 0 aliphatic heterocycles. The molecular formula is C21H22N2O4S2. The Morgan fingerprint density at radius 1 is 1.24 bits per heavy atom. The first-order valence-electron chi connectivity index (χ1n) is 9.18. The van der Waals surface area contributed by atoms with Gasteiger partial charge in [0.25, 0.3) is 0 Å². The van der Waals surface area contributed by atoms with Gasteiger partial charge >= 0.3 is 0 Å². The van der Waals surface area contributed by atoms with E-state index in [0.717, 1.165) is 30.4 Å². The summed E-state index contributed by atoms with van der Waals surface area (Å²) in [6.45, 7) is 2.73. The minimum Gasteiger partial charge on any atom is -0.493 e. The average molecular weight is 431 g/mol. The maximum atomic E-state index is 12.3. The number of amides is 1. The molecule has 0 fully saturated rings. The Hall–Kier alpha value is -2.71. The normalized spacial score (nSPS) is 11.8. The van der Waals surface area contributed by atoms with Gasteiger partial charge in [0.2, 0.25) is 5.91 Å². The molecule has 6 nitrogen and oxygen atoms in total. The lowest BCUT2D eigenvalue weighted by molar-refractivity contribution is -0.111. The van der Waals surface area contributed by atoms with Crippen LogP contribution in [0.15, 0.2) is 53.4 Å². The summed E-state index contributed by atoms with van der Waals surface area (Å²) in [6.07, 6.45) is 6.31. The number of hydrogen-bond donors (Lipinski definition) is 1. The van der Waals surface area contributed by atoms with Crippen molar-refractivity contribution in [1.82, 2.24) is 4.98 Å². The van der Waals surface area contributed by atoms with E-state index in [0.29, 0.717) is 22.0 Å². The molecule has 2 aromatic carbocycles. The van der Waals surface area contributed by atoms with Gasteiger partial charge in [0, 0.05) is 17.9 Å². The number of sulfone groups is 1. The van der Waals surface area contributed by atoms with Crippen LogP contribution in [0, 0.1) is 0 Å². The van der Waals surface area contributed by atoms with Crippen LogP contribution in [0.1, 0.15) is 25.3 Å². The smallest absolute Gasteiger partial charge is 0.250 e. The molecule has 8 heteroatoms. The van der Waals surface area contributed by atoms with Gasteiger partial charge in [0.15, 0.2) is 15.0 Å². The maximum Gasteiger partial charge on any atom is 0.250 e. The number of carbonyl (C=O) groups is 1. The first kappa shape index (κ1) is 21.0. The van der Waals surface area contributed by atoms with Crippen LogP contribution in [0.25, 0.3) is 16.3 Å². The van der Waals surface area contributed by atoms with Gasteiger partial charge in [-0.2, -0.15) is 0 Å². The third-order valence-electron chi connectivity index (χ3n) is 4.11. The third kappa shape index (κ3) is 5.65. The van der Waals surface area contributed by atoms with E-state index >= 15 is 0 Å². The predicted molar refractivity (Wildman–Crippen MR) is 117 cm³/mol. The highest BCUT2D eigenvalue weighted by Gasteiger charge is 2.11. The van der Waals surface area contributed by atoms with Crippen LogP contribution >= 0.6 is 11.3 Å². The van der Waals surface area contributed by atoms with Crippen molar-refractivity contribution in [3.63, 3.8) is 0 Å². The van der Waals surface area contributed by atoms with Crippen LogP contribution in [0.3, 0.4) is 0 Å². The SMILES string of the molecule is CCCCOc1ccccc1/C=C/C(=O)Nc1nc2ccc(S(C)(=O)=O)cc2s1. The van der Waals surface area contributed by atoms with Crippen LogP contribution in [-0.2, 0) is 14.6 Å². The van der Waals surface area contributed by atoms with Gasteiger partial charge in [-0.1, -0.05) is 42.9 Å². The second kappa shape index (κ2) is 9.19. The quantitative estimate of drug-likeness (QED) is 0.419. The first-order chi connectivity index (χ1) is 13.9. The van der Waals surface area contributed by atoms with Gasteiger partial charge in [-0.25, -0.2) is 13.4 Å². The van der Waals surface area contributed by atoms with E-state index in [1.807, 2.05) is 24.3 Å². The average Bonchev–Trinajstić information content (AvgIpc) is 3.08. The largest absolute Gasteiger partial charge is 0.493 e. The van der Waals surface area contributed by atoms with Gasteiger partial charge < -0.3 is 4.74 Å². The Bertz CT molecular complexity index is 1150. The van der Waals surface area contributed by atoms with E-state index in [1.165, 1.54) is 23.5 Å². The first-order valence-corrected chi connectivity index (χ1v) is 11.9. The Morgan fingerprint density at radius 3 is 2.79 bits per heavy atom. The molecular weight excluding hydrogens is 408 g/mol. The van der Waals surface area contributed by atoms with Crippen LogP contribution in [-0.4, -0.2) is 32.2 Å². The van der Waals surface area contributed by atoms with Crippen molar-refractivity contribution in [3.05, 3.63) is 54.1 Å². The summed E-state index contributed by atoms with van der Waals surface area (Å²) in [5, 5.41) is 3.13. The molecule has 0 saturated heterocycles. The fraction of sp³-hybridized carbons (Fsp3) is 0.238. The van der Waals surface area contributed by atoms with Crippen molar-refractivity contribution >= 4 is 48.5 Å². The monoisotopic (exact) mass is 430 g/mol. The van der Waals surface area contributed by atoms with Crippen molar-refractivity contribution in [3.8, 4) is 5.75 Å². The van der Waals surface area contributed by atoms with E-state index in [1.54, 1.807) is 18.2 Å². The summed E-state index contributed by atoms with van der Waals surface area (Å²) >= 11 is 1.23. The molecule has 0 spiro atoms. The van der Waals surface area contributed by atoms with E-state index in [9.17, 15) is 13.2 Å². The van der Waals surface area contributed by atoms with Gasteiger partial charge in [-0.05, 0) is 36.8 Å². The number of ether oxygens (including phenoxy) is 1. The number of rotatable bonds is 8. The number of hydrogen-bond acceptors (Lipinski definition) is 6. The second-order valence-electron chi connectivity index (χ2n) is 6.48. The summed E-state index contributed by atoms with van der Waals surface area (Å²) in [5.74, 6) is 0.411. The van der Waals surface area contributed by atoms with Crippen molar-refractivity contribution in [2.45, 2.75) is 24.7 Å². The van der Waals surface area contributed by atoms with Gasteiger partial charge in [0.05, 0.1) is 21.7 Å². The highest BCUT2D eigenvalue weighted by Crippen LogP contribution is 2.28. The number of carbonyl (C=O) groups excluding carboxylic acids is 1. The molecule has 0 bridgehead atoms. The molecule has 1 N–H and O–H groups in total. The van der Waals surface area contributed by atoms with E-state index in [-0.39, 0.29) is 10.8 Å². The van der Waals surface area contributed by atoms with Crippen molar-refractivity contribution in [1.29, 1.82) is 0 Å². The molecule has 0 aliphatic carbocycles. The number of thiazole rings is 1. The number of aromatic nitrogens is 1. The fourth-order valence-electron chi connectivity index (χ4n) is 2.58. The number of anilines is 1. The number of benzene rings is 2. The van der Waals surface area contributed by atoms with E-state index in [4.69, 9.17) is 4.74 Å². The number of unbranched alkanes of at least 4 members (excludes halogenated alkanes) is 1. The molecule has 0 aliphatic rings. The minimum absolute atomic E-state index is 0.228. The fourth-order valence-corrected chi connectivity index (χ4v) is 4.21. The number of nitrogens with one attached hydrogen (secondary N) is 1. The number of nitrogens with zero attached hydrogens (tertiary/aromatic N) is 1. The molecule has 1 aromatic heterocycles. The topological polar surface area (TPSA) is 85.4 Å². The zero-order chi connectivity index (χ0) is 20.9. The molecule has 0 atom stereocenters. The van der Waals surface area contributed by atoms with Crippen molar-refractivity contribution < 1.29 is 17.9 Å². The predicted octanol–water partition coefficient (Wildman–Crippen LogP) is 4.53. The van der Waals surface area contributed by atoms with Crippen LogP contribution in [0.2, 0.25) is 0 Å². The lowest BCUT2D eigenvalue weighted by Gasteiger charge is -2.08. The summed E-state index contributed by atoms with van der Waals surface area (Å²) in [4.78, 5) is 16.9. The Morgan fingerprint density at radius 2 is 2.03 bits per heavy atom. The molecule has 152 valence electrons. The Balaban J connectivity index is 1.71. The van der Waals surface area contributed by atoms with Gasteiger partial charge in [0.1, 0.15) is 5.75 Å². The summed E-state index contributed by atoms with van der Waals surface area (Å²) in [6, 6.07) is 12.3. The van der Waals surface area contributed by atoms with Gasteiger partial charge in [-0.3, -0.25) is 10.1 Å². The zero-order valence-electron chi connectivity index (χ0n) is 16.2. The van der Waals surface area contributed by atoms with Crippen LogP contribution in [0.4, 0.5) is 5.13 Å². The van der Waals surface area contributed by atoms with E-state index in [2.05, 4.69) is 17.2 Å². The maximum absolute atomic E-state index is 12.3. The highest BCUT2D eigenvalue weighted by molar-refractivity contribution is 7.90. The van der Waals surface area contributed by atoms with Gasteiger partial charge in [-0.15, -0.1) is 0 Å². The molecule has 0 radical (unpaired) electrons. The van der Waals surface area contributed by atoms with Crippen LogP contribution < -0.4 is 10.1 Å². The highest BCUT2D eigenvalue weighted by atomic mass is 32.2. The lowest BCUT2D eigenvalue weighted by atomic mass is 10.2. The van der Waals surface area contributed by atoms with E-state index < -0.39 is 9.84 Å². The Labute approximate surface area is 174 Å². The summed E-state index contributed by atoms with van der Waals surface area (Å²) < 4.78 is 29.8. The number of fused-ring (bicyclic) bond motifs is 1. The summed E-state index contributed by atoms with van der Waals surface area (Å²) in [7, 11) is -3.29. The summed E-state index contributed by atoms with van der Waals surface area (Å²) in [5.41, 5.74) is 1.46. The Kier molecular flexibility index (Phi) is 6.66. The lowest BCUT2D eigenvalue weighted by Crippen LogP contribution is -2.07. The molecule has 29 heavy (non-hydrogen) atoms. The third-order valence-corrected chi connectivity index (χ3v) is 6.15. The van der Waals surface area contributed by atoms with Crippen molar-refractivity contribution in [2.75, 3.05) is 18.2 Å². The molecule has 3 rings (SSSR count). The van der Waals surface area contributed by atoms with Crippen LogP contribution in [0.5, 0.6) is 5.75 Å². The molecule has 1 heterocycles. The molecule has 1 amide bonds. The second-order valence-corrected chi connectivity index (χ2v) is 9.53. The molecule has 0 unspecified atom stereocenters. The van der Waals surface area contributed by atoms with Crippen molar-refractivity contribution in [2.24, 2.45) is 0 Å². The molecule has 0 saturated carbocycles. The molecule has 3 aromatic rings.